The second kappa shape index (κ2) is 9.37. The Kier molecular flexibility index (Phi) is 6.64. The topological polar surface area (TPSA) is 92.3 Å². The molecular formula is C23H22N2O4S. The maximum atomic E-state index is 12.4. The zero-order valence-electron chi connectivity index (χ0n) is 16.5. The van der Waals surface area contributed by atoms with E-state index in [4.69, 9.17) is 0 Å². The van der Waals surface area contributed by atoms with Gasteiger partial charge in [-0.3, -0.25) is 14.3 Å². The van der Waals surface area contributed by atoms with Crippen molar-refractivity contribution in [2.24, 2.45) is 0 Å². The lowest BCUT2D eigenvalue weighted by Crippen LogP contribution is -2.15. The van der Waals surface area contributed by atoms with Gasteiger partial charge in [-0.1, -0.05) is 54.1 Å². The van der Waals surface area contributed by atoms with Gasteiger partial charge in [-0.15, -0.1) is 0 Å². The minimum absolute atomic E-state index is 0.0344. The number of carbonyl (C=O) groups is 2. The van der Waals surface area contributed by atoms with Gasteiger partial charge in [0, 0.05) is 24.1 Å². The molecule has 0 aliphatic carbocycles. The summed E-state index contributed by atoms with van der Waals surface area (Å²) in [4.78, 5) is 24.6. The number of anilines is 2. The highest BCUT2D eigenvalue weighted by atomic mass is 32.2. The highest BCUT2D eigenvalue weighted by Gasteiger charge is 2.14. The average molecular weight is 423 g/mol. The van der Waals surface area contributed by atoms with E-state index in [1.807, 2.05) is 19.1 Å². The highest BCUT2D eigenvalue weighted by molar-refractivity contribution is 7.92. The number of ketones is 1. The Balaban J connectivity index is 1.59. The Morgan fingerprint density at radius 2 is 1.47 bits per heavy atom. The zero-order valence-corrected chi connectivity index (χ0v) is 17.3. The number of carbonyl (C=O) groups excluding carboxylic acids is 2. The van der Waals surface area contributed by atoms with Crippen molar-refractivity contribution in [3.05, 3.63) is 90.0 Å². The molecule has 0 bridgehead atoms. The molecule has 0 saturated carbocycles. The molecule has 3 rings (SSSR count). The number of amides is 1. The Labute approximate surface area is 176 Å². The van der Waals surface area contributed by atoms with Crippen LogP contribution < -0.4 is 10.0 Å². The number of hydrogen-bond acceptors (Lipinski definition) is 4. The number of benzene rings is 3. The minimum Gasteiger partial charge on any atom is -0.326 e. The maximum absolute atomic E-state index is 12.4. The van der Waals surface area contributed by atoms with Gasteiger partial charge in [-0.2, -0.15) is 0 Å². The summed E-state index contributed by atoms with van der Waals surface area (Å²) >= 11 is 0. The molecule has 6 nitrogen and oxygen atoms in total. The molecule has 0 atom stereocenters. The van der Waals surface area contributed by atoms with E-state index in [1.54, 1.807) is 48.5 Å². The molecule has 0 radical (unpaired) electrons. The molecule has 1 amide bonds. The molecule has 3 aromatic rings. The number of Topliss-reactive ketones (excluding diaryl/α,β-unsaturated/α-hetero) is 1. The Hall–Kier alpha value is -3.45. The fourth-order valence-electron chi connectivity index (χ4n) is 2.81. The summed E-state index contributed by atoms with van der Waals surface area (Å²) in [6.45, 7) is 1.94. The van der Waals surface area contributed by atoms with Gasteiger partial charge in [-0.25, -0.2) is 8.42 Å². The van der Waals surface area contributed by atoms with Crippen LogP contribution >= 0.6 is 0 Å². The molecule has 2 N–H and O–H groups in total. The van der Waals surface area contributed by atoms with Crippen LogP contribution in [0.4, 0.5) is 11.4 Å². The smallest absolute Gasteiger partial charge is 0.261 e. The Morgan fingerprint density at radius 3 is 2.17 bits per heavy atom. The molecule has 3 aromatic carbocycles. The minimum atomic E-state index is -3.72. The van der Waals surface area contributed by atoms with E-state index in [0.29, 0.717) is 16.9 Å². The molecule has 0 aliphatic rings. The molecule has 0 spiro atoms. The summed E-state index contributed by atoms with van der Waals surface area (Å²) in [5, 5.41) is 2.70. The molecule has 154 valence electrons. The molecule has 0 aromatic heterocycles. The second-order valence-corrected chi connectivity index (χ2v) is 8.52. The quantitative estimate of drug-likeness (QED) is 0.527. The normalized spacial score (nSPS) is 11.0. The van der Waals surface area contributed by atoms with Crippen LogP contribution in [-0.4, -0.2) is 20.1 Å². The molecule has 0 saturated heterocycles. The Bertz CT molecular complexity index is 1140. The van der Waals surface area contributed by atoms with Crippen molar-refractivity contribution in [1.29, 1.82) is 0 Å². The summed E-state index contributed by atoms with van der Waals surface area (Å²) in [5.74, 6) is -0.423. The number of aryl methyl sites for hydroxylation is 1. The van der Waals surface area contributed by atoms with Crippen LogP contribution in [0.3, 0.4) is 0 Å². The Morgan fingerprint density at radius 1 is 0.800 bits per heavy atom. The fourth-order valence-corrected chi connectivity index (χ4v) is 3.88. The largest absolute Gasteiger partial charge is 0.326 e. The van der Waals surface area contributed by atoms with Gasteiger partial charge < -0.3 is 5.32 Å². The molecular weight excluding hydrogens is 400 g/mol. The summed E-state index contributed by atoms with van der Waals surface area (Å²) < 4.78 is 27.4. The third-order valence-electron chi connectivity index (χ3n) is 4.40. The number of hydrogen-bond donors (Lipinski definition) is 2. The van der Waals surface area contributed by atoms with Crippen LogP contribution in [-0.2, 0) is 14.8 Å². The van der Waals surface area contributed by atoms with Gasteiger partial charge in [0.05, 0.1) is 10.6 Å². The summed E-state index contributed by atoms with van der Waals surface area (Å²) in [7, 11) is -3.72. The van der Waals surface area contributed by atoms with Crippen molar-refractivity contribution < 1.29 is 18.0 Å². The number of nitrogens with one attached hydrogen (secondary N) is 2. The first-order chi connectivity index (χ1) is 14.3. The van der Waals surface area contributed by atoms with E-state index in [1.165, 1.54) is 18.2 Å². The van der Waals surface area contributed by atoms with E-state index in [2.05, 4.69) is 10.0 Å². The second-order valence-electron chi connectivity index (χ2n) is 6.84. The first-order valence-electron chi connectivity index (χ1n) is 9.41. The van der Waals surface area contributed by atoms with Gasteiger partial charge in [0.1, 0.15) is 0 Å². The lowest BCUT2D eigenvalue weighted by molar-refractivity contribution is -0.116. The van der Waals surface area contributed by atoms with Crippen LogP contribution in [0.1, 0.15) is 28.8 Å². The van der Waals surface area contributed by atoms with Crippen molar-refractivity contribution in [2.75, 3.05) is 10.0 Å². The maximum Gasteiger partial charge on any atom is 0.261 e. The van der Waals surface area contributed by atoms with Gasteiger partial charge in [0.25, 0.3) is 10.0 Å². The van der Waals surface area contributed by atoms with E-state index in [9.17, 15) is 18.0 Å². The van der Waals surface area contributed by atoms with Crippen LogP contribution in [0.5, 0.6) is 0 Å². The summed E-state index contributed by atoms with van der Waals surface area (Å²) in [6.07, 6.45) is 0.127. The number of rotatable bonds is 8. The van der Waals surface area contributed by atoms with E-state index in [-0.39, 0.29) is 29.4 Å². The standard InChI is InChI=1S/C23H22N2O4S/c1-17-10-12-18(13-11-17)22(26)14-15-23(27)24-19-6-5-7-20(16-19)25-30(28,29)21-8-3-2-4-9-21/h2-13,16,25H,14-15H2,1H3,(H,24,27). The van der Waals surface area contributed by atoms with E-state index < -0.39 is 10.0 Å². The van der Waals surface area contributed by atoms with E-state index in [0.717, 1.165) is 5.56 Å². The first kappa shape index (κ1) is 21.3. The first-order valence-corrected chi connectivity index (χ1v) is 10.9. The van der Waals surface area contributed by atoms with Crippen molar-refractivity contribution >= 4 is 33.1 Å². The number of sulfonamides is 1. The van der Waals surface area contributed by atoms with Crippen LogP contribution in [0.25, 0.3) is 0 Å². The molecule has 0 unspecified atom stereocenters. The van der Waals surface area contributed by atoms with Crippen LogP contribution in [0.15, 0.2) is 83.8 Å². The van der Waals surface area contributed by atoms with Gasteiger partial charge in [0.15, 0.2) is 5.78 Å². The van der Waals surface area contributed by atoms with Crippen molar-refractivity contribution in [2.45, 2.75) is 24.7 Å². The molecule has 30 heavy (non-hydrogen) atoms. The van der Waals surface area contributed by atoms with Crippen molar-refractivity contribution in [3.8, 4) is 0 Å². The zero-order chi connectivity index (χ0) is 21.6. The van der Waals surface area contributed by atoms with Crippen molar-refractivity contribution in [3.63, 3.8) is 0 Å². The monoisotopic (exact) mass is 422 g/mol. The predicted molar refractivity (Wildman–Crippen MR) is 117 cm³/mol. The van der Waals surface area contributed by atoms with Gasteiger partial charge in [-0.05, 0) is 37.3 Å². The third-order valence-corrected chi connectivity index (χ3v) is 5.80. The third kappa shape index (κ3) is 5.78. The van der Waals surface area contributed by atoms with Crippen LogP contribution in [0.2, 0.25) is 0 Å². The lowest BCUT2D eigenvalue weighted by Gasteiger charge is -2.10. The molecule has 7 heteroatoms. The SMILES string of the molecule is Cc1ccc(C(=O)CCC(=O)Nc2cccc(NS(=O)(=O)c3ccccc3)c2)cc1. The van der Waals surface area contributed by atoms with E-state index >= 15 is 0 Å². The summed E-state index contributed by atoms with van der Waals surface area (Å²) in [5.41, 5.74) is 2.40. The van der Waals surface area contributed by atoms with Gasteiger partial charge >= 0.3 is 0 Å². The van der Waals surface area contributed by atoms with Crippen molar-refractivity contribution in [1.82, 2.24) is 0 Å². The van der Waals surface area contributed by atoms with Gasteiger partial charge in [0.2, 0.25) is 5.91 Å². The fraction of sp³-hybridized carbons (Fsp3) is 0.130. The molecule has 0 aliphatic heterocycles. The predicted octanol–water partition coefficient (Wildman–Crippen LogP) is 4.40. The molecule has 0 heterocycles. The lowest BCUT2D eigenvalue weighted by atomic mass is 10.0. The molecule has 0 fully saturated rings. The summed E-state index contributed by atoms with van der Waals surface area (Å²) in [6, 6.07) is 21.6. The average Bonchev–Trinajstić information content (AvgIpc) is 2.73. The highest BCUT2D eigenvalue weighted by Crippen LogP contribution is 2.20. The van der Waals surface area contributed by atoms with Crippen LogP contribution in [0, 0.1) is 6.92 Å².